The number of aryl methyl sites for hydroxylation is 1. The van der Waals surface area contributed by atoms with Crippen molar-refractivity contribution in [2.24, 2.45) is 23.2 Å². The van der Waals surface area contributed by atoms with E-state index in [4.69, 9.17) is 26.4 Å². The molecule has 7 rings (SSSR count). The molecule has 5 aliphatic rings. The smallest absolute Gasteiger partial charge is 0.434 e. The summed E-state index contributed by atoms with van der Waals surface area (Å²) in [6.07, 6.45) is 13.7. The van der Waals surface area contributed by atoms with Crippen molar-refractivity contribution in [3.8, 4) is 12.3 Å². The van der Waals surface area contributed by atoms with Crippen molar-refractivity contribution in [3.63, 3.8) is 0 Å². The van der Waals surface area contributed by atoms with Crippen LogP contribution in [0.5, 0.6) is 0 Å². The van der Waals surface area contributed by atoms with Gasteiger partial charge in [-0.25, -0.2) is 19.7 Å². The Morgan fingerprint density at radius 3 is 2.58 bits per heavy atom. The first-order chi connectivity index (χ1) is 17.3. The Kier molecular flexibility index (Phi) is 5.61. The van der Waals surface area contributed by atoms with Crippen LogP contribution in [-0.4, -0.2) is 55.7 Å². The van der Waals surface area contributed by atoms with Crippen LogP contribution in [0.15, 0.2) is 6.33 Å². The third-order valence-electron chi connectivity index (χ3n) is 8.85. The first-order valence-corrected chi connectivity index (χ1v) is 12.9. The topological polar surface area (TPSA) is 135 Å². The molecule has 0 unspecified atom stereocenters. The molecule has 0 aromatic carbocycles. The maximum absolute atomic E-state index is 12.4. The van der Waals surface area contributed by atoms with Crippen LogP contribution < -0.4 is 5.73 Å². The highest BCUT2D eigenvalue weighted by Crippen LogP contribution is 2.61. The number of hydrogen-bond donors (Lipinski definition) is 2. The molecule has 36 heavy (non-hydrogen) atoms. The molecule has 0 spiro atoms. The number of aliphatic hydroxyl groups is 1. The van der Waals surface area contributed by atoms with E-state index >= 15 is 0 Å². The predicted molar refractivity (Wildman–Crippen MR) is 129 cm³/mol. The number of rotatable bonds is 6. The van der Waals surface area contributed by atoms with Crippen LogP contribution in [0.1, 0.15) is 63.4 Å². The van der Waals surface area contributed by atoms with Crippen LogP contribution in [0.3, 0.4) is 0 Å². The minimum atomic E-state index is -1.51. The fourth-order valence-electron chi connectivity index (χ4n) is 7.64. The number of nitrogens with zero attached hydrogens (tertiary/aromatic N) is 4. The van der Waals surface area contributed by atoms with Crippen molar-refractivity contribution in [2.45, 2.75) is 76.2 Å². The Hall–Kier alpha value is -2.90. The van der Waals surface area contributed by atoms with Gasteiger partial charge in [0.25, 0.3) is 0 Å². The van der Waals surface area contributed by atoms with E-state index in [0.717, 1.165) is 24.2 Å². The maximum atomic E-state index is 12.4. The monoisotopic (exact) mass is 495 g/mol. The fourth-order valence-corrected chi connectivity index (χ4v) is 7.64. The highest BCUT2D eigenvalue weighted by atomic mass is 16.7. The number of ether oxygens (including phenoxy) is 3. The van der Waals surface area contributed by atoms with Gasteiger partial charge >= 0.3 is 6.16 Å². The van der Waals surface area contributed by atoms with Crippen molar-refractivity contribution in [1.82, 2.24) is 19.5 Å². The molecule has 2 aromatic heterocycles. The third-order valence-corrected chi connectivity index (χ3v) is 8.85. The lowest BCUT2D eigenvalue weighted by Crippen LogP contribution is -2.46. The summed E-state index contributed by atoms with van der Waals surface area (Å²) in [4.78, 5) is 25.2. The van der Waals surface area contributed by atoms with E-state index in [1.165, 1.54) is 44.9 Å². The van der Waals surface area contributed by atoms with E-state index in [1.54, 1.807) is 11.5 Å². The van der Waals surface area contributed by atoms with Crippen molar-refractivity contribution in [1.29, 1.82) is 0 Å². The second kappa shape index (κ2) is 8.60. The van der Waals surface area contributed by atoms with Gasteiger partial charge in [0.05, 0.1) is 12.9 Å². The zero-order valence-corrected chi connectivity index (χ0v) is 20.6. The summed E-state index contributed by atoms with van der Waals surface area (Å²) in [5.74, 6) is 5.81. The first-order valence-electron chi connectivity index (χ1n) is 12.9. The molecule has 0 radical (unpaired) electrons. The van der Waals surface area contributed by atoms with Gasteiger partial charge in [-0.2, -0.15) is 0 Å². The summed E-state index contributed by atoms with van der Waals surface area (Å²) in [5.41, 5.74) is 5.70. The molecule has 2 aromatic rings. The quantitative estimate of drug-likeness (QED) is 0.458. The van der Waals surface area contributed by atoms with Crippen LogP contribution in [0.4, 0.5) is 10.6 Å². The van der Waals surface area contributed by atoms with Crippen LogP contribution in [-0.2, 0) is 14.2 Å². The second-order valence-corrected chi connectivity index (χ2v) is 11.4. The maximum Gasteiger partial charge on any atom is 0.508 e. The molecule has 4 aliphatic carbocycles. The second-order valence-electron chi connectivity index (χ2n) is 11.4. The minimum Gasteiger partial charge on any atom is -0.434 e. The molecule has 5 fully saturated rings. The average Bonchev–Trinajstić information content (AvgIpc) is 3.38. The van der Waals surface area contributed by atoms with Crippen LogP contribution in [0.25, 0.3) is 11.2 Å². The van der Waals surface area contributed by atoms with E-state index < -0.39 is 24.1 Å². The molecular weight excluding hydrogens is 462 g/mol. The Bertz CT molecular complexity index is 1190. The lowest BCUT2D eigenvalue weighted by molar-refractivity contribution is -0.100. The van der Waals surface area contributed by atoms with Crippen LogP contribution in [0, 0.1) is 42.4 Å². The van der Waals surface area contributed by atoms with Gasteiger partial charge in [-0.3, -0.25) is 4.57 Å². The molecule has 1 aliphatic heterocycles. The number of hydrogen-bond acceptors (Lipinski definition) is 9. The molecule has 3 heterocycles. The largest absolute Gasteiger partial charge is 0.508 e. The Morgan fingerprint density at radius 2 is 1.92 bits per heavy atom. The lowest BCUT2D eigenvalue weighted by atomic mass is 9.49. The molecule has 10 heteroatoms. The van der Waals surface area contributed by atoms with Crippen molar-refractivity contribution in [3.05, 3.63) is 12.2 Å². The number of aromatic nitrogens is 4. The van der Waals surface area contributed by atoms with Crippen LogP contribution >= 0.6 is 0 Å². The molecule has 4 saturated carbocycles. The number of terminal acetylenes is 1. The summed E-state index contributed by atoms with van der Waals surface area (Å²) in [5, 5.41) is 10.8. The number of aliphatic hydroxyl groups excluding tert-OH is 1. The summed E-state index contributed by atoms with van der Waals surface area (Å²) in [7, 11) is 0. The predicted octanol–water partition coefficient (Wildman–Crippen LogP) is 3.13. The van der Waals surface area contributed by atoms with E-state index in [0.29, 0.717) is 29.0 Å². The number of nitrogen functional groups attached to an aromatic ring is 1. The molecular formula is C26H33N5O5. The van der Waals surface area contributed by atoms with Gasteiger partial charge in [-0.05, 0) is 75.0 Å². The van der Waals surface area contributed by atoms with Gasteiger partial charge in [0.1, 0.15) is 30.3 Å². The van der Waals surface area contributed by atoms with Gasteiger partial charge in [-0.15, -0.1) is 6.42 Å². The van der Waals surface area contributed by atoms with Gasteiger partial charge in [-0.1, -0.05) is 5.92 Å². The van der Waals surface area contributed by atoms with Crippen molar-refractivity contribution >= 4 is 23.1 Å². The fraction of sp³-hybridized carbons (Fsp3) is 0.692. The summed E-state index contributed by atoms with van der Waals surface area (Å²) < 4.78 is 18.5. The summed E-state index contributed by atoms with van der Waals surface area (Å²) in [6, 6.07) is 0. The minimum absolute atomic E-state index is 0.170. The SMILES string of the molecule is C#C[C@]1(COC(=O)OCCC23CC4CC(CC(C4)C2)C3)O[C@@H](n2cnc3c(N)nc(C)nc32)C[C@@H]1O. The molecule has 3 N–H and O–H groups in total. The molecule has 10 nitrogen and oxygen atoms in total. The zero-order valence-electron chi connectivity index (χ0n) is 20.6. The zero-order chi connectivity index (χ0) is 25.1. The number of carbonyl (C=O) groups excluding carboxylic acids is 1. The Balaban J connectivity index is 1.06. The highest BCUT2D eigenvalue weighted by molar-refractivity contribution is 5.81. The Labute approximate surface area is 209 Å². The average molecular weight is 496 g/mol. The van der Waals surface area contributed by atoms with Gasteiger partial charge in [0, 0.05) is 6.42 Å². The molecule has 4 bridgehead atoms. The lowest BCUT2D eigenvalue weighted by Gasteiger charge is -2.57. The number of fused-ring (bicyclic) bond motifs is 1. The molecule has 0 amide bonds. The summed E-state index contributed by atoms with van der Waals surface area (Å²) >= 11 is 0. The molecule has 1 saturated heterocycles. The first kappa shape index (κ1) is 23.5. The third kappa shape index (κ3) is 3.98. The number of anilines is 1. The van der Waals surface area contributed by atoms with E-state index in [2.05, 4.69) is 20.9 Å². The summed E-state index contributed by atoms with van der Waals surface area (Å²) in [6.45, 7) is 1.74. The highest BCUT2D eigenvalue weighted by Gasteiger charge is 2.51. The molecule has 192 valence electrons. The van der Waals surface area contributed by atoms with Gasteiger partial charge in [0.2, 0.25) is 0 Å². The van der Waals surface area contributed by atoms with E-state index in [-0.39, 0.29) is 18.8 Å². The van der Waals surface area contributed by atoms with E-state index in [1.807, 2.05) is 0 Å². The number of nitrogens with two attached hydrogens (primary N) is 1. The normalized spacial score (nSPS) is 36.8. The van der Waals surface area contributed by atoms with Gasteiger partial charge in [0.15, 0.2) is 17.1 Å². The molecule has 3 atom stereocenters. The standard InChI is InChI=1S/C26H33N5O5/c1-3-26(19(32)9-20(36-26)31-14-28-21-22(27)29-15(2)30-23(21)31)13-35-24(33)34-5-4-25-10-16-6-17(11-25)8-18(7-16)12-25/h1,14,16-20,32H,4-13H2,2H3,(H2,27,29,30)/t16?,17?,18?,19-,20+,25?,26+/m0/s1. The van der Waals surface area contributed by atoms with Crippen molar-refractivity contribution < 1.29 is 24.1 Å². The Morgan fingerprint density at radius 1 is 1.22 bits per heavy atom. The number of carbonyl (C=O) groups is 1. The van der Waals surface area contributed by atoms with Gasteiger partial charge < -0.3 is 25.1 Å². The van der Waals surface area contributed by atoms with Crippen molar-refractivity contribution in [2.75, 3.05) is 18.9 Å². The van der Waals surface area contributed by atoms with Crippen LogP contribution in [0.2, 0.25) is 0 Å². The number of imidazole rings is 1. The van der Waals surface area contributed by atoms with E-state index in [9.17, 15) is 9.90 Å².